The van der Waals surface area contributed by atoms with Gasteiger partial charge in [-0.3, -0.25) is 0 Å². The zero-order valence-corrected chi connectivity index (χ0v) is 32.9. The molecule has 0 bridgehead atoms. The quantitative estimate of drug-likeness (QED) is 0.153. The van der Waals surface area contributed by atoms with Gasteiger partial charge in [-0.05, 0) is 104 Å². The summed E-state index contributed by atoms with van der Waals surface area (Å²) in [7, 11) is 0. The predicted molar refractivity (Wildman–Crippen MR) is 253 cm³/mol. The van der Waals surface area contributed by atoms with Gasteiger partial charge in [-0.15, -0.1) is 0 Å². The van der Waals surface area contributed by atoms with Crippen molar-refractivity contribution >= 4 is 49.8 Å². The Kier molecular flexibility index (Phi) is 8.87. The molecule has 2 heteroatoms. The molecule has 0 unspecified atom stereocenters. The normalized spacial score (nSPS) is 11.3. The van der Waals surface area contributed by atoms with Crippen LogP contribution in [0.4, 0.5) is 17.1 Å². The van der Waals surface area contributed by atoms with Crippen LogP contribution in [-0.4, -0.2) is 0 Å². The molecular formula is C58H39NO. The van der Waals surface area contributed by atoms with Gasteiger partial charge in [-0.2, -0.15) is 0 Å². The van der Waals surface area contributed by atoms with E-state index in [-0.39, 0.29) is 0 Å². The summed E-state index contributed by atoms with van der Waals surface area (Å²) in [6, 6.07) is 84.7. The summed E-state index contributed by atoms with van der Waals surface area (Å²) in [4.78, 5) is 2.34. The first-order chi connectivity index (χ1) is 29.8. The lowest BCUT2D eigenvalue weighted by Gasteiger charge is -2.26. The zero-order chi connectivity index (χ0) is 39.8. The van der Waals surface area contributed by atoms with Crippen LogP contribution >= 0.6 is 0 Å². The summed E-state index contributed by atoms with van der Waals surface area (Å²) in [5, 5.41) is 4.52. The summed E-state index contributed by atoms with van der Waals surface area (Å²) in [5.74, 6) is 0. The lowest BCUT2D eigenvalue weighted by Crippen LogP contribution is -2.09. The van der Waals surface area contributed by atoms with Gasteiger partial charge < -0.3 is 9.32 Å². The largest absolute Gasteiger partial charge is 0.455 e. The molecule has 0 radical (unpaired) electrons. The minimum Gasteiger partial charge on any atom is -0.455 e. The number of hydrogen-bond donors (Lipinski definition) is 0. The van der Waals surface area contributed by atoms with Crippen molar-refractivity contribution in [3.8, 4) is 55.6 Å². The molecule has 0 saturated carbocycles. The number of rotatable bonds is 8. The lowest BCUT2D eigenvalue weighted by atomic mass is 9.89. The summed E-state index contributed by atoms with van der Waals surface area (Å²) < 4.78 is 6.86. The Balaban J connectivity index is 1.09. The molecule has 0 aliphatic heterocycles. The molecule has 0 spiro atoms. The first-order valence-corrected chi connectivity index (χ1v) is 20.5. The fourth-order valence-electron chi connectivity index (χ4n) is 8.80. The smallest absolute Gasteiger partial charge is 0.143 e. The Morgan fingerprint density at radius 3 is 1.18 bits per heavy atom. The average molecular weight is 766 g/mol. The van der Waals surface area contributed by atoms with Crippen LogP contribution in [-0.2, 0) is 0 Å². The molecule has 0 saturated heterocycles. The van der Waals surface area contributed by atoms with Crippen molar-refractivity contribution in [3.05, 3.63) is 237 Å². The molecule has 11 aromatic rings. The van der Waals surface area contributed by atoms with Gasteiger partial charge >= 0.3 is 0 Å². The van der Waals surface area contributed by atoms with Gasteiger partial charge in [0.05, 0.1) is 0 Å². The van der Waals surface area contributed by atoms with Crippen molar-refractivity contribution in [1.82, 2.24) is 0 Å². The van der Waals surface area contributed by atoms with Crippen molar-refractivity contribution in [2.75, 3.05) is 4.90 Å². The van der Waals surface area contributed by atoms with E-state index in [0.717, 1.165) is 66.6 Å². The molecule has 60 heavy (non-hydrogen) atoms. The molecule has 282 valence electrons. The monoisotopic (exact) mass is 765 g/mol. The second kappa shape index (κ2) is 15.1. The minimum atomic E-state index is 0.873. The zero-order valence-electron chi connectivity index (χ0n) is 32.9. The standard InChI is InChI=1S/C58H39NO/c1-5-15-40(16-6-1)42-25-31-47(32-26-42)59(48-33-27-43(28-34-48)41-17-7-2-8-18-41)49-35-29-46(30-36-49)56-50(44-19-9-3-10-20-44)37-38-55-57(56)54-39-53(45-21-11-4-12-22-45)51-23-13-14-24-52(51)58(54)60-55/h1-39H. The number of anilines is 3. The van der Waals surface area contributed by atoms with Crippen LogP contribution in [0.3, 0.4) is 0 Å². The third-order valence-corrected chi connectivity index (χ3v) is 11.7. The third-order valence-electron chi connectivity index (χ3n) is 11.7. The lowest BCUT2D eigenvalue weighted by molar-refractivity contribution is 0.673. The molecule has 0 atom stereocenters. The Morgan fingerprint density at radius 2 is 0.683 bits per heavy atom. The molecular weight excluding hydrogens is 727 g/mol. The maximum absolute atomic E-state index is 6.86. The number of furan rings is 1. The molecule has 1 heterocycles. The van der Waals surface area contributed by atoms with Gasteiger partial charge in [0, 0.05) is 38.8 Å². The van der Waals surface area contributed by atoms with Gasteiger partial charge in [0.15, 0.2) is 0 Å². The molecule has 0 N–H and O–H groups in total. The number of benzene rings is 10. The van der Waals surface area contributed by atoms with Crippen molar-refractivity contribution in [2.45, 2.75) is 0 Å². The van der Waals surface area contributed by atoms with Gasteiger partial charge in [0.1, 0.15) is 11.2 Å². The molecule has 2 nitrogen and oxygen atoms in total. The van der Waals surface area contributed by atoms with E-state index in [4.69, 9.17) is 4.42 Å². The fraction of sp³-hybridized carbons (Fsp3) is 0. The van der Waals surface area contributed by atoms with Crippen molar-refractivity contribution in [1.29, 1.82) is 0 Å². The molecule has 0 aliphatic carbocycles. The number of nitrogens with zero attached hydrogens (tertiary/aromatic N) is 1. The van der Waals surface area contributed by atoms with E-state index >= 15 is 0 Å². The molecule has 11 rings (SSSR count). The number of fused-ring (bicyclic) bond motifs is 5. The van der Waals surface area contributed by atoms with E-state index < -0.39 is 0 Å². The Hall–Kier alpha value is -7.94. The van der Waals surface area contributed by atoms with Crippen molar-refractivity contribution < 1.29 is 4.42 Å². The van der Waals surface area contributed by atoms with E-state index in [0.29, 0.717) is 0 Å². The predicted octanol–water partition coefficient (Wildman–Crippen LogP) is 16.5. The van der Waals surface area contributed by atoms with E-state index in [9.17, 15) is 0 Å². The third kappa shape index (κ3) is 6.32. The SMILES string of the molecule is c1ccc(-c2ccc(N(c3ccc(-c4ccccc4)cc3)c3ccc(-c4c(-c5ccccc5)ccc5oc6c7ccccc7c(-c7ccccc7)cc6c45)cc3)cc2)cc1. The Morgan fingerprint density at radius 1 is 0.283 bits per heavy atom. The summed E-state index contributed by atoms with van der Waals surface area (Å²) in [6.07, 6.45) is 0. The van der Waals surface area contributed by atoms with Crippen LogP contribution in [0.25, 0.3) is 88.3 Å². The summed E-state index contributed by atoms with van der Waals surface area (Å²) >= 11 is 0. The minimum absolute atomic E-state index is 0.873. The molecule has 0 fully saturated rings. The molecule has 1 aromatic heterocycles. The second-order valence-corrected chi connectivity index (χ2v) is 15.2. The highest BCUT2D eigenvalue weighted by Gasteiger charge is 2.22. The summed E-state index contributed by atoms with van der Waals surface area (Å²) in [6.45, 7) is 0. The molecule has 10 aromatic carbocycles. The highest BCUT2D eigenvalue weighted by molar-refractivity contribution is 6.23. The van der Waals surface area contributed by atoms with Gasteiger partial charge in [-0.25, -0.2) is 0 Å². The average Bonchev–Trinajstić information content (AvgIpc) is 3.72. The van der Waals surface area contributed by atoms with Crippen molar-refractivity contribution in [3.63, 3.8) is 0 Å². The van der Waals surface area contributed by atoms with Crippen LogP contribution in [0.15, 0.2) is 241 Å². The molecule has 0 aliphatic rings. The van der Waals surface area contributed by atoms with Crippen LogP contribution in [0.2, 0.25) is 0 Å². The maximum Gasteiger partial charge on any atom is 0.143 e. The first kappa shape index (κ1) is 35.2. The van der Waals surface area contributed by atoms with Crippen LogP contribution in [0.5, 0.6) is 0 Å². The van der Waals surface area contributed by atoms with Crippen LogP contribution < -0.4 is 4.90 Å². The topological polar surface area (TPSA) is 16.4 Å². The summed E-state index contributed by atoms with van der Waals surface area (Å²) in [5.41, 5.74) is 16.8. The molecule has 0 amide bonds. The Labute approximate surface area is 349 Å². The van der Waals surface area contributed by atoms with E-state index in [2.05, 4.69) is 241 Å². The van der Waals surface area contributed by atoms with Crippen molar-refractivity contribution in [2.24, 2.45) is 0 Å². The second-order valence-electron chi connectivity index (χ2n) is 15.2. The van der Waals surface area contributed by atoms with Crippen LogP contribution in [0, 0.1) is 0 Å². The van der Waals surface area contributed by atoms with Crippen LogP contribution in [0.1, 0.15) is 0 Å². The highest BCUT2D eigenvalue weighted by Crippen LogP contribution is 2.47. The van der Waals surface area contributed by atoms with Gasteiger partial charge in [-0.1, -0.05) is 188 Å². The first-order valence-electron chi connectivity index (χ1n) is 20.5. The van der Waals surface area contributed by atoms with E-state index in [1.165, 1.54) is 38.8 Å². The highest BCUT2D eigenvalue weighted by atomic mass is 16.3. The fourth-order valence-corrected chi connectivity index (χ4v) is 8.80. The van der Waals surface area contributed by atoms with Gasteiger partial charge in [0.25, 0.3) is 0 Å². The Bertz CT molecular complexity index is 3160. The maximum atomic E-state index is 6.86. The van der Waals surface area contributed by atoms with Gasteiger partial charge in [0.2, 0.25) is 0 Å². The number of hydrogen-bond acceptors (Lipinski definition) is 2. The van der Waals surface area contributed by atoms with E-state index in [1.807, 2.05) is 0 Å². The van der Waals surface area contributed by atoms with E-state index in [1.54, 1.807) is 0 Å².